The summed E-state index contributed by atoms with van der Waals surface area (Å²) >= 11 is 6.95. The molecule has 0 saturated carbocycles. The van der Waals surface area contributed by atoms with Crippen LogP contribution in [0.15, 0.2) is 69.0 Å². The average Bonchev–Trinajstić information content (AvgIpc) is 2.84. The highest BCUT2D eigenvalue weighted by molar-refractivity contribution is 9.11. The minimum Gasteiger partial charge on any atom is -0.504 e. The van der Waals surface area contributed by atoms with Crippen LogP contribution in [0.3, 0.4) is 0 Å². The van der Waals surface area contributed by atoms with Gasteiger partial charge in [-0.15, -0.1) is 0 Å². The van der Waals surface area contributed by atoms with Gasteiger partial charge in [0, 0.05) is 13.0 Å². The topological polar surface area (TPSA) is 128 Å². The van der Waals surface area contributed by atoms with E-state index in [2.05, 4.69) is 37.2 Å². The fraction of sp³-hybridized carbons (Fsp3) is 0.192. The van der Waals surface area contributed by atoms with Gasteiger partial charge in [0.15, 0.2) is 11.5 Å². The molecular weight excluding hydrogens is 628 g/mol. The Morgan fingerprint density at radius 3 is 2.46 bits per heavy atom. The molecule has 0 aliphatic carbocycles. The summed E-state index contributed by atoms with van der Waals surface area (Å²) in [5, 5.41) is 14.7. The number of hydrogen-bond acceptors (Lipinski definition) is 7. The molecular formula is C26H24Br2N2O6S. The summed E-state index contributed by atoms with van der Waals surface area (Å²) in [7, 11) is -2.67. The third-order valence-corrected chi connectivity index (χ3v) is 8.11. The van der Waals surface area contributed by atoms with Crippen molar-refractivity contribution in [3.05, 3.63) is 91.2 Å². The number of methoxy groups -OCH3 is 1. The molecule has 0 radical (unpaired) electrons. The molecule has 3 aromatic carbocycles. The number of nitrogens with one attached hydrogen (secondary N) is 1. The normalized spacial score (nSPS) is 17.4. The summed E-state index contributed by atoms with van der Waals surface area (Å²) in [4.78, 5) is 13.0. The molecule has 1 aliphatic heterocycles. The Kier molecular flexibility index (Phi) is 7.98. The van der Waals surface area contributed by atoms with Crippen LogP contribution in [0.2, 0.25) is 0 Å². The second kappa shape index (κ2) is 10.9. The molecule has 4 rings (SSSR count). The number of amides is 1. The maximum Gasteiger partial charge on any atom is 0.332 e. The van der Waals surface area contributed by atoms with Gasteiger partial charge in [0.1, 0.15) is 11.3 Å². The van der Waals surface area contributed by atoms with E-state index in [1.807, 2.05) is 18.2 Å². The lowest BCUT2D eigenvalue weighted by Gasteiger charge is -2.38. The summed E-state index contributed by atoms with van der Waals surface area (Å²) < 4.78 is 37.3. The van der Waals surface area contributed by atoms with Crippen LogP contribution < -0.4 is 20.0 Å². The highest BCUT2D eigenvalue weighted by Gasteiger charge is 2.43. The first-order chi connectivity index (χ1) is 17.5. The zero-order valence-corrected chi connectivity index (χ0v) is 23.7. The Bertz CT molecular complexity index is 1450. The summed E-state index contributed by atoms with van der Waals surface area (Å²) in [6.07, 6.45) is 2.04. The molecule has 1 atom stereocenters. The molecule has 0 fully saturated rings. The lowest BCUT2D eigenvalue weighted by atomic mass is 9.77. The quantitative estimate of drug-likeness (QED) is 0.309. The maximum absolute atomic E-state index is 13.0. The van der Waals surface area contributed by atoms with Gasteiger partial charge in [-0.1, -0.05) is 30.3 Å². The van der Waals surface area contributed by atoms with Gasteiger partial charge in [0.25, 0.3) is 0 Å². The lowest BCUT2D eigenvalue weighted by molar-refractivity contribution is -0.125. The SMILES string of the molecule is COc1c(Br)cc(CC2(C(N)=O)NCCc3cc(O)c(OS(=O)(=O)C=Cc4ccccc4)cc32)cc1Br. The van der Waals surface area contributed by atoms with Crippen molar-refractivity contribution in [1.82, 2.24) is 5.32 Å². The fourth-order valence-electron chi connectivity index (χ4n) is 4.35. The van der Waals surface area contributed by atoms with Crippen molar-refractivity contribution < 1.29 is 27.2 Å². The van der Waals surface area contributed by atoms with Crippen molar-refractivity contribution >= 4 is 54.0 Å². The van der Waals surface area contributed by atoms with Crippen molar-refractivity contribution in [3.8, 4) is 17.2 Å². The van der Waals surface area contributed by atoms with E-state index in [1.165, 1.54) is 18.2 Å². The zero-order chi connectivity index (χ0) is 26.8. The summed E-state index contributed by atoms with van der Waals surface area (Å²) in [5.41, 5.74) is 7.08. The van der Waals surface area contributed by atoms with Crippen LogP contribution in [0.4, 0.5) is 0 Å². The maximum atomic E-state index is 13.0. The molecule has 0 bridgehead atoms. The van der Waals surface area contributed by atoms with Crippen LogP contribution in [0.1, 0.15) is 22.3 Å². The predicted molar refractivity (Wildman–Crippen MR) is 148 cm³/mol. The van der Waals surface area contributed by atoms with E-state index in [-0.39, 0.29) is 17.9 Å². The van der Waals surface area contributed by atoms with Gasteiger partial charge in [-0.25, -0.2) is 0 Å². The summed E-state index contributed by atoms with van der Waals surface area (Å²) in [5.74, 6) is -0.711. The molecule has 3 aromatic rings. The van der Waals surface area contributed by atoms with Gasteiger partial charge in [-0.2, -0.15) is 8.42 Å². The number of aromatic hydroxyl groups is 1. The largest absolute Gasteiger partial charge is 0.504 e. The number of rotatable bonds is 8. The van der Waals surface area contributed by atoms with E-state index in [9.17, 15) is 18.3 Å². The lowest BCUT2D eigenvalue weighted by Crippen LogP contribution is -2.57. The second-order valence-corrected chi connectivity index (χ2v) is 11.6. The number of carbonyl (C=O) groups excluding carboxylic acids is 1. The first kappa shape index (κ1) is 27.2. The summed E-state index contributed by atoms with van der Waals surface area (Å²) in [6.45, 7) is 0.423. The first-order valence-corrected chi connectivity index (χ1v) is 14.2. The van der Waals surface area contributed by atoms with Gasteiger partial charge in [-0.3, -0.25) is 10.1 Å². The highest BCUT2D eigenvalue weighted by Crippen LogP contribution is 2.41. The molecule has 11 heteroatoms. The Morgan fingerprint density at radius 1 is 1.16 bits per heavy atom. The predicted octanol–water partition coefficient (Wildman–Crippen LogP) is 4.37. The molecule has 1 unspecified atom stereocenters. The minimum atomic E-state index is -4.22. The monoisotopic (exact) mass is 650 g/mol. The van der Waals surface area contributed by atoms with Crippen LogP contribution in [0.25, 0.3) is 6.08 Å². The molecule has 1 amide bonds. The number of phenolic OH excluding ortho intramolecular Hbond substituents is 1. The number of fused-ring (bicyclic) bond motifs is 1. The molecule has 0 spiro atoms. The van der Waals surface area contributed by atoms with Crippen molar-refractivity contribution in [2.75, 3.05) is 13.7 Å². The second-order valence-electron chi connectivity index (χ2n) is 8.48. The van der Waals surface area contributed by atoms with Crippen molar-refractivity contribution in [2.24, 2.45) is 5.73 Å². The van der Waals surface area contributed by atoms with Crippen molar-refractivity contribution in [2.45, 2.75) is 18.4 Å². The van der Waals surface area contributed by atoms with Crippen LogP contribution in [-0.2, 0) is 33.3 Å². The van der Waals surface area contributed by atoms with Gasteiger partial charge in [-0.05, 0) is 90.9 Å². The van der Waals surface area contributed by atoms with Crippen LogP contribution in [0.5, 0.6) is 17.2 Å². The minimum absolute atomic E-state index is 0.154. The van der Waals surface area contributed by atoms with Crippen LogP contribution >= 0.6 is 31.9 Å². The van der Waals surface area contributed by atoms with Gasteiger partial charge >= 0.3 is 10.1 Å². The highest BCUT2D eigenvalue weighted by atomic mass is 79.9. The van der Waals surface area contributed by atoms with Gasteiger partial charge < -0.3 is 19.8 Å². The molecule has 37 heavy (non-hydrogen) atoms. The van der Waals surface area contributed by atoms with Crippen LogP contribution in [-0.4, -0.2) is 33.1 Å². The van der Waals surface area contributed by atoms with Crippen molar-refractivity contribution in [1.29, 1.82) is 0 Å². The molecule has 8 nitrogen and oxygen atoms in total. The molecule has 1 heterocycles. The number of nitrogens with two attached hydrogens (primary N) is 1. The zero-order valence-electron chi connectivity index (χ0n) is 19.7. The van der Waals surface area contributed by atoms with Crippen molar-refractivity contribution in [3.63, 3.8) is 0 Å². The molecule has 4 N–H and O–H groups in total. The number of benzene rings is 3. The van der Waals surface area contributed by atoms with Gasteiger partial charge in [0.05, 0.1) is 21.5 Å². The fourth-order valence-corrected chi connectivity index (χ4v) is 6.72. The number of primary amides is 1. The van der Waals surface area contributed by atoms with E-state index < -0.39 is 21.6 Å². The standard InChI is InChI=1S/C26H24Br2N2O6S/c1-35-24-20(27)11-17(12-21(24)28)15-26(25(29)32)19-14-23(22(31)13-18(19)7-9-30-26)36-37(33,34)10-8-16-5-3-2-4-6-16/h2-6,8,10-14,30-31H,7,9,15H2,1H3,(H2,29,32). The van der Waals surface area contributed by atoms with E-state index in [1.54, 1.807) is 31.4 Å². The smallest absolute Gasteiger partial charge is 0.332 e. The molecule has 1 aliphatic rings. The third-order valence-electron chi connectivity index (χ3n) is 6.05. The third kappa shape index (κ3) is 5.85. The molecule has 0 saturated heterocycles. The Morgan fingerprint density at radius 2 is 1.84 bits per heavy atom. The van der Waals surface area contributed by atoms with E-state index in [4.69, 9.17) is 14.7 Å². The van der Waals surface area contributed by atoms with E-state index >= 15 is 0 Å². The molecule has 0 aromatic heterocycles. The number of halogens is 2. The number of carbonyl (C=O) groups is 1. The van der Waals surface area contributed by atoms with Gasteiger partial charge in [0.2, 0.25) is 5.91 Å². The number of hydrogen-bond donors (Lipinski definition) is 3. The van der Waals surface area contributed by atoms with Crippen LogP contribution in [0, 0.1) is 0 Å². The molecule has 194 valence electrons. The van der Waals surface area contributed by atoms with E-state index in [0.29, 0.717) is 44.4 Å². The first-order valence-electron chi connectivity index (χ1n) is 11.2. The Balaban J connectivity index is 1.73. The summed E-state index contributed by atoms with van der Waals surface area (Å²) in [6, 6.07) is 15.3. The Labute approximate surface area is 231 Å². The number of phenols is 1. The number of ether oxygens (including phenoxy) is 1. The van der Waals surface area contributed by atoms with E-state index in [0.717, 1.165) is 11.0 Å². The average molecular weight is 652 g/mol. The Hall–Kier alpha value is -2.86.